The zero-order valence-corrected chi connectivity index (χ0v) is 32.8. The first kappa shape index (κ1) is 38.5. The summed E-state index contributed by atoms with van der Waals surface area (Å²) in [6.07, 6.45) is 0.159. The molecule has 1 N–H and O–H groups in total. The summed E-state index contributed by atoms with van der Waals surface area (Å²) in [5.74, 6) is -0.939. The number of nitrogens with zero attached hydrogens (tertiary/aromatic N) is 7. The minimum atomic E-state index is -0.655. The van der Waals surface area contributed by atoms with Crippen LogP contribution in [0, 0.1) is 0 Å². The van der Waals surface area contributed by atoms with Gasteiger partial charge in [0.1, 0.15) is 5.60 Å². The molecule has 3 saturated heterocycles. The van der Waals surface area contributed by atoms with Crippen molar-refractivity contribution in [3.63, 3.8) is 0 Å². The van der Waals surface area contributed by atoms with E-state index in [0.29, 0.717) is 52.9 Å². The van der Waals surface area contributed by atoms with E-state index in [4.69, 9.17) is 14.5 Å². The molecule has 14 nitrogen and oxygen atoms in total. The molecule has 4 heterocycles. The van der Waals surface area contributed by atoms with Gasteiger partial charge in [-0.2, -0.15) is 0 Å². The Kier molecular flexibility index (Phi) is 10.6. The van der Waals surface area contributed by atoms with Gasteiger partial charge in [-0.15, -0.1) is 0 Å². The van der Waals surface area contributed by atoms with Gasteiger partial charge in [-0.1, -0.05) is 36.4 Å². The third-order valence-corrected chi connectivity index (χ3v) is 10.8. The minimum absolute atomic E-state index is 0.00623. The second-order valence-electron chi connectivity index (χ2n) is 15.7. The van der Waals surface area contributed by atoms with Crippen molar-refractivity contribution in [3.8, 4) is 5.88 Å². The van der Waals surface area contributed by atoms with E-state index >= 15 is 0 Å². The second-order valence-corrected chi connectivity index (χ2v) is 15.7. The molecular weight excluding hydrogens is 715 g/mol. The molecular formula is C42H49N7O7. The van der Waals surface area contributed by atoms with Gasteiger partial charge in [0.25, 0.3) is 0 Å². The van der Waals surface area contributed by atoms with Gasteiger partial charge >= 0.3 is 18.1 Å². The van der Waals surface area contributed by atoms with Crippen molar-refractivity contribution in [3.05, 3.63) is 89.5 Å². The zero-order chi connectivity index (χ0) is 39.9. The molecule has 0 unspecified atom stereocenters. The Morgan fingerprint density at radius 3 is 2.16 bits per heavy atom. The molecule has 56 heavy (non-hydrogen) atoms. The molecule has 2 bridgehead atoms. The van der Waals surface area contributed by atoms with E-state index in [1.54, 1.807) is 33.9 Å². The summed E-state index contributed by atoms with van der Waals surface area (Å²) in [5.41, 5.74) is 2.52. The van der Waals surface area contributed by atoms with E-state index in [-0.39, 0.29) is 36.0 Å². The number of amides is 3. The average molecular weight is 764 g/mol. The topological polar surface area (TPSA) is 140 Å². The van der Waals surface area contributed by atoms with E-state index in [9.17, 15) is 24.3 Å². The van der Waals surface area contributed by atoms with Crippen molar-refractivity contribution in [2.75, 3.05) is 71.9 Å². The van der Waals surface area contributed by atoms with Gasteiger partial charge in [-0.05, 0) is 70.6 Å². The van der Waals surface area contributed by atoms with Gasteiger partial charge in [-0.25, -0.2) is 23.9 Å². The predicted molar refractivity (Wildman–Crippen MR) is 213 cm³/mol. The Balaban J connectivity index is 1.24. The number of esters is 1. The quantitative estimate of drug-likeness (QED) is 0.199. The van der Waals surface area contributed by atoms with Crippen LogP contribution in [0.15, 0.2) is 77.8 Å². The third kappa shape index (κ3) is 7.71. The number of aromatic hydroxyl groups is 1. The van der Waals surface area contributed by atoms with Gasteiger partial charge < -0.3 is 34.2 Å². The number of ether oxygens (including phenoxy) is 2. The highest BCUT2D eigenvalue weighted by atomic mass is 16.6. The molecule has 0 saturated carbocycles. The fourth-order valence-electron chi connectivity index (χ4n) is 7.71. The van der Waals surface area contributed by atoms with E-state index in [2.05, 4.69) is 16.8 Å². The number of methoxy groups -OCH3 is 1. The van der Waals surface area contributed by atoms with Gasteiger partial charge in [-0.3, -0.25) is 9.69 Å². The molecule has 4 aromatic rings. The fourth-order valence-corrected chi connectivity index (χ4v) is 7.71. The first-order chi connectivity index (χ1) is 26.7. The Morgan fingerprint density at radius 1 is 0.875 bits per heavy atom. The molecule has 7 rings (SSSR count). The normalized spacial score (nSPS) is 19.1. The van der Waals surface area contributed by atoms with Crippen LogP contribution in [-0.4, -0.2) is 144 Å². The van der Waals surface area contributed by atoms with E-state index < -0.39 is 23.7 Å². The lowest BCUT2D eigenvalue weighted by molar-refractivity contribution is -0.119. The molecule has 3 fully saturated rings. The molecule has 2 atom stereocenters. The van der Waals surface area contributed by atoms with Crippen LogP contribution in [0.5, 0.6) is 5.88 Å². The number of aromatic nitrogens is 1. The SMILES string of the molecule is COC(=O)c1ccc2c(C(=Nc3ccc(N(C)C(=O)CN4CCN(C)CC4)cc3)c3ccccc3)c(O)n(C(=O)N3C[C@@H]4C[C@H]3CN4C(=O)OC(C)(C)C)c2c1. The Labute approximate surface area is 326 Å². The number of hydrogen-bond acceptors (Lipinski definition) is 10. The van der Waals surface area contributed by atoms with E-state index in [0.717, 1.165) is 31.9 Å². The highest BCUT2D eigenvalue weighted by Crippen LogP contribution is 2.39. The van der Waals surface area contributed by atoms with Gasteiger partial charge in [0.05, 0.1) is 53.8 Å². The molecule has 3 aliphatic rings. The molecule has 0 radical (unpaired) electrons. The number of rotatable bonds is 7. The number of carbonyl (C=O) groups is 4. The number of anilines is 1. The molecule has 14 heteroatoms. The van der Waals surface area contributed by atoms with Crippen molar-refractivity contribution in [2.24, 2.45) is 4.99 Å². The number of likely N-dealkylation sites (N-methyl/N-ethyl adjacent to an activating group) is 2. The number of likely N-dealkylation sites (tertiary alicyclic amines) is 2. The first-order valence-electron chi connectivity index (χ1n) is 18.9. The highest BCUT2D eigenvalue weighted by Gasteiger charge is 2.49. The van der Waals surface area contributed by atoms with Crippen LogP contribution >= 0.6 is 0 Å². The largest absolute Gasteiger partial charge is 0.494 e. The van der Waals surface area contributed by atoms with Crippen molar-refractivity contribution < 1.29 is 33.8 Å². The molecule has 3 amide bonds. The maximum absolute atomic E-state index is 14.6. The Bertz CT molecular complexity index is 2170. The monoisotopic (exact) mass is 763 g/mol. The predicted octanol–water partition coefficient (Wildman–Crippen LogP) is 5.17. The second kappa shape index (κ2) is 15.4. The average Bonchev–Trinajstić information content (AvgIpc) is 3.88. The molecule has 3 aliphatic heterocycles. The van der Waals surface area contributed by atoms with Gasteiger partial charge in [0.15, 0.2) is 0 Å². The fraction of sp³-hybridized carbons (Fsp3) is 0.405. The summed E-state index contributed by atoms with van der Waals surface area (Å²) < 4.78 is 11.8. The summed E-state index contributed by atoms with van der Waals surface area (Å²) in [6.45, 7) is 9.88. The van der Waals surface area contributed by atoms with Crippen molar-refractivity contribution >= 4 is 52.0 Å². The highest BCUT2D eigenvalue weighted by molar-refractivity contribution is 6.23. The number of benzene rings is 3. The van der Waals surface area contributed by atoms with Crippen molar-refractivity contribution in [1.82, 2.24) is 24.2 Å². The van der Waals surface area contributed by atoms with Crippen molar-refractivity contribution in [2.45, 2.75) is 44.9 Å². The molecule has 1 aromatic heterocycles. The lowest BCUT2D eigenvalue weighted by Crippen LogP contribution is -2.52. The van der Waals surface area contributed by atoms with Crippen LogP contribution in [0.2, 0.25) is 0 Å². The van der Waals surface area contributed by atoms with Crippen LogP contribution in [0.3, 0.4) is 0 Å². The Hall–Kier alpha value is -5.73. The molecule has 3 aromatic carbocycles. The maximum atomic E-state index is 14.6. The zero-order valence-electron chi connectivity index (χ0n) is 32.8. The molecule has 294 valence electrons. The lowest BCUT2D eigenvalue weighted by atomic mass is 10.00. The van der Waals surface area contributed by atoms with E-state index in [1.807, 2.05) is 75.4 Å². The first-order valence-corrected chi connectivity index (χ1v) is 18.9. The number of fused-ring (bicyclic) bond motifs is 3. The summed E-state index contributed by atoms with van der Waals surface area (Å²) >= 11 is 0. The third-order valence-electron chi connectivity index (χ3n) is 10.8. The van der Waals surface area contributed by atoms with Crippen LogP contribution < -0.4 is 4.90 Å². The number of piperazine rings is 2. The van der Waals surface area contributed by atoms with Gasteiger partial charge in [0.2, 0.25) is 11.8 Å². The van der Waals surface area contributed by atoms with Crippen LogP contribution in [-0.2, 0) is 14.3 Å². The number of carbonyl (C=O) groups excluding carboxylic acids is 4. The maximum Gasteiger partial charge on any atom is 0.410 e. The van der Waals surface area contributed by atoms with Crippen molar-refractivity contribution in [1.29, 1.82) is 0 Å². The van der Waals surface area contributed by atoms with Crippen LogP contribution in [0.4, 0.5) is 21.0 Å². The number of hydrogen-bond donors (Lipinski definition) is 1. The summed E-state index contributed by atoms with van der Waals surface area (Å²) in [5, 5.41) is 12.7. The standard InChI is InChI=1S/C42H49N7O7/c1-42(2,3)56-41(54)48-25-31-23-32(48)24-47(31)40(53)49-34-22-28(39(52)55-6)12-17-33(34)36(38(49)51)37(27-10-8-7-9-11-27)43-29-13-15-30(16-14-29)45(5)35(50)26-46-20-18-44(4)19-21-46/h7-17,22,31-32,51H,18-21,23-26H2,1-6H3/t31-,32-/m0/s1. The smallest absolute Gasteiger partial charge is 0.410 e. The Morgan fingerprint density at radius 2 is 1.54 bits per heavy atom. The summed E-state index contributed by atoms with van der Waals surface area (Å²) in [4.78, 5) is 67.9. The van der Waals surface area contributed by atoms with E-state index in [1.165, 1.54) is 17.7 Å². The lowest BCUT2D eigenvalue weighted by Gasteiger charge is -2.35. The summed E-state index contributed by atoms with van der Waals surface area (Å²) in [7, 11) is 5.13. The minimum Gasteiger partial charge on any atom is -0.494 e. The molecule has 0 spiro atoms. The number of aliphatic imine (C=N–C) groups is 1. The van der Waals surface area contributed by atoms with Crippen LogP contribution in [0.25, 0.3) is 10.9 Å². The summed E-state index contributed by atoms with van der Waals surface area (Å²) in [6, 6.07) is 20.4. The molecule has 0 aliphatic carbocycles. The van der Waals surface area contributed by atoms with Crippen LogP contribution in [0.1, 0.15) is 48.7 Å². The van der Waals surface area contributed by atoms with Gasteiger partial charge in [0, 0.05) is 63.0 Å².